The van der Waals surface area contributed by atoms with Crippen LogP contribution < -0.4 is 9.64 Å². The molecule has 0 aliphatic heterocycles. The largest absolute Gasteiger partial charge is 0.467 e. The summed E-state index contributed by atoms with van der Waals surface area (Å²) in [6.45, 7) is 5.01. The fraction of sp³-hybridized carbons (Fsp3) is 0.600. The minimum Gasteiger partial charge on any atom is -0.467 e. The minimum absolute atomic E-state index is 0.314. The molecule has 0 saturated carbocycles. The molecule has 1 aromatic rings. The van der Waals surface area contributed by atoms with Gasteiger partial charge in [-0.25, -0.2) is 4.98 Å². The van der Waals surface area contributed by atoms with Gasteiger partial charge in [0.05, 0.1) is 13.3 Å². The molecule has 90 valence electrons. The van der Waals surface area contributed by atoms with Gasteiger partial charge >= 0.3 is 6.01 Å². The van der Waals surface area contributed by atoms with Gasteiger partial charge in [-0.05, 0) is 13.8 Å². The van der Waals surface area contributed by atoms with Crippen LogP contribution in [0.25, 0.3) is 0 Å². The summed E-state index contributed by atoms with van der Waals surface area (Å²) in [5, 5.41) is 1.39. The van der Waals surface area contributed by atoms with Crippen LogP contribution in [-0.2, 0) is 0 Å². The van der Waals surface area contributed by atoms with Crippen molar-refractivity contribution in [1.82, 2.24) is 9.97 Å². The molecule has 1 aromatic heterocycles. The highest BCUT2D eigenvalue weighted by Gasteiger charge is 2.16. The van der Waals surface area contributed by atoms with Gasteiger partial charge in [-0.15, -0.1) is 0 Å². The summed E-state index contributed by atoms with van der Waals surface area (Å²) in [6, 6.07) is 0.647. The molecule has 1 heterocycles. The molecule has 16 heavy (non-hydrogen) atoms. The van der Waals surface area contributed by atoms with E-state index in [1.807, 2.05) is 0 Å². The van der Waals surface area contributed by atoms with E-state index in [9.17, 15) is 0 Å². The molecule has 0 atom stereocenters. The second-order valence-electron chi connectivity index (χ2n) is 3.50. The lowest BCUT2D eigenvalue weighted by Gasteiger charge is -2.27. The van der Waals surface area contributed by atoms with Crippen molar-refractivity contribution in [3.05, 3.63) is 11.2 Å². The Kier molecular flexibility index (Phi) is 5.28. The Morgan fingerprint density at radius 1 is 1.56 bits per heavy atom. The summed E-state index contributed by atoms with van der Waals surface area (Å²) < 4.78 is 5.00. The van der Waals surface area contributed by atoms with Crippen LogP contribution in [0.2, 0.25) is 5.02 Å². The predicted molar refractivity (Wildman–Crippen MR) is 69.9 cm³/mol. The Hall–Kier alpha value is -0.550. The van der Waals surface area contributed by atoms with Crippen molar-refractivity contribution in [2.24, 2.45) is 0 Å². The second-order valence-corrected chi connectivity index (χ2v) is 4.70. The Bertz CT molecular complexity index is 349. The fourth-order valence-electron chi connectivity index (χ4n) is 1.34. The molecule has 6 heteroatoms. The molecule has 0 unspecified atom stereocenters. The van der Waals surface area contributed by atoms with Crippen LogP contribution in [0.15, 0.2) is 6.20 Å². The van der Waals surface area contributed by atoms with Crippen molar-refractivity contribution in [1.29, 1.82) is 0 Å². The lowest BCUT2D eigenvalue weighted by atomic mass is 10.3. The number of rotatable bonds is 5. The van der Waals surface area contributed by atoms with E-state index in [0.29, 0.717) is 22.9 Å². The van der Waals surface area contributed by atoms with Crippen LogP contribution >= 0.6 is 27.5 Å². The van der Waals surface area contributed by atoms with Gasteiger partial charge in [0.15, 0.2) is 5.82 Å². The van der Waals surface area contributed by atoms with Crippen LogP contribution in [0.3, 0.4) is 0 Å². The molecule has 0 spiro atoms. The van der Waals surface area contributed by atoms with Crippen LogP contribution in [-0.4, -0.2) is 35.0 Å². The first-order valence-electron chi connectivity index (χ1n) is 4.99. The normalized spacial score (nSPS) is 10.6. The number of halogens is 2. The quantitative estimate of drug-likeness (QED) is 0.784. The molecular weight excluding hydrogens is 293 g/mol. The third-order valence-corrected chi connectivity index (χ3v) is 2.73. The van der Waals surface area contributed by atoms with Crippen molar-refractivity contribution >= 4 is 33.3 Å². The van der Waals surface area contributed by atoms with E-state index in [4.69, 9.17) is 16.3 Å². The van der Waals surface area contributed by atoms with E-state index in [-0.39, 0.29) is 0 Å². The van der Waals surface area contributed by atoms with Gasteiger partial charge in [-0.1, -0.05) is 27.5 Å². The predicted octanol–water partition coefficient (Wildman–Crippen LogP) is 2.75. The average Bonchev–Trinajstić information content (AvgIpc) is 2.27. The number of alkyl halides is 1. The van der Waals surface area contributed by atoms with Gasteiger partial charge < -0.3 is 9.64 Å². The van der Waals surface area contributed by atoms with Crippen molar-refractivity contribution in [2.45, 2.75) is 19.9 Å². The zero-order valence-electron chi connectivity index (χ0n) is 9.57. The molecule has 0 bridgehead atoms. The second kappa shape index (κ2) is 6.25. The zero-order chi connectivity index (χ0) is 12.1. The molecule has 1 rings (SSSR count). The fourth-order valence-corrected chi connectivity index (χ4v) is 1.92. The summed E-state index contributed by atoms with van der Waals surface area (Å²) in [5.74, 6) is 0.711. The van der Waals surface area contributed by atoms with Gasteiger partial charge in [0.25, 0.3) is 0 Å². The number of nitrogens with zero attached hydrogens (tertiary/aromatic N) is 3. The summed E-state index contributed by atoms with van der Waals surface area (Å²) in [6.07, 6.45) is 1.56. The Labute approximate surface area is 109 Å². The summed E-state index contributed by atoms with van der Waals surface area (Å²) in [4.78, 5) is 10.3. The number of anilines is 1. The van der Waals surface area contributed by atoms with Crippen molar-refractivity contribution in [3.8, 4) is 6.01 Å². The van der Waals surface area contributed by atoms with Crippen LogP contribution in [0, 0.1) is 0 Å². The van der Waals surface area contributed by atoms with Gasteiger partial charge in [0.1, 0.15) is 5.02 Å². The van der Waals surface area contributed by atoms with E-state index in [1.54, 1.807) is 6.20 Å². The Morgan fingerprint density at radius 2 is 2.25 bits per heavy atom. The molecule has 0 saturated heterocycles. The topological polar surface area (TPSA) is 38.2 Å². The maximum absolute atomic E-state index is 6.09. The lowest BCUT2D eigenvalue weighted by Crippen LogP contribution is -2.33. The standard InChI is InChI=1S/C10H15BrClN3O/c1-7(2)15(5-4-11)9-8(12)6-13-10(14-9)16-3/h6-7H,4-5H2,1-3H3. The van der Waals surface area contributed by atoms with Crippen molar-refractivity contribution in [2.75, 3.05) is 23.9 Å². The van der Waals surface area contributed by atoms with Crippen molar-refractivity contribution in [3.63, 3.8) is 0 Å². The lowest BCUT2D eigenvalue weighted by molar-refractivity contribution is 0.379. The first-order valence-corrected chi connectivity index (χ1v) is 6.49. The van der Waals surface area contributed by atoms with Gasteiger partial charge in [0.2, 0.25) is 0 Å². The molecule has 0 aliphatic carbocycles. The van der Waals surface area contributed by atoms with E-state index in [1.165, 1.54) is 7.11 Å². The van der Waals surface area contributed by atoms with E-state index in [2.05, 4.69) is 44.6 Å². The number of aromatic nitrogens is 2. The maximum atomic E-state index is 6.09. The Morgan fingerprint density at radius 3 is 2.75 bits per heavy atom. The third-order valence-electron chi connectivity index (χ3n) is 2.11. The highest BCUT2D eigenvalue weighted by atomic mass is 79.9. The Balaban J connectivity index is 3.06. The molecule has 0 aliphatic rings. The molecule has 0 amide bonds. The molecule has 0 N–H and O–H groups in total. The third kappa shape index (κ3) is 3.22. The summed E-state index contributed by atoms with van der Waals surface area (Å²) in [5.41, 5.74) is 0. The molecule has 0 aromatic carbocycles. The molecule has 4 nitrogen and oxygen atoms in total. The monoisotopic (exact) mass is 307 g/mol. The number of hydrogen-bond acceptors (Lipinski definition) is 4. The summed E-state index contributed by atoms with van der Waals surface area (Å²) >= 11 is 9.51. The number of methoxy groups -OCH3 is 1. The first-order chi connectivity index (χ1) is 7.60. The van der Waals surface area contributed by atoms with Crippen molar-refractivity contribution < 1.29 is 4.74 Å². The van der Waals surface area contributed by atoms with Gasteiger partial charge in [-0.2, -0.15) is 4.98 Å². The first kappa shape index (κ1) is 13.5. The van der Waals surface area contributed by atoms with Crippen LogP contribution in [0.5, 0.6) is 6.01 Å². The molecular formula is C10H15BrClN3O. The minimum atomic E-state index is 0.314. The van der Waals surface area contributed by atoms with Crippen LogP contribution in [0.1, 0.15) is 13.8 Å². The zero-order valence-corrected chi connectivity index (χ0v) is 11.9. The van der Waals surface area contributed by atoms with Crippen LogP contribution in [0.4, 0.5) is 5.82 Å². The van der Waals surface area contributed by atoms with E-state index >= 15 is 0 Å². The summed E-state index contributed by atoms with van der Waals surface area (Å²) in [7, 11) is 1.54. The highest BCUT2D eigenvalue weighted by Crippen LogP contribution is 2.25. The maximum Gasteiger partial charge on any atom is 0.318 e. The van der Waals surface area contributed by atoms with E-state index in [0.717, 1.165) is 11.9 Å². The molecule has 0 radical (unpaired) electrons. The smallest absolute Gasteiger partial charge is 0.318 e. The highest BCUT2D eigenvalue weighted by molar-refractivity contribution is 9.09. The average molecular weight is 309 g/mol. The van der Waals surface area contributed by atoms with Gasteiger partial charge in [-0.3, -0.25) is 0 Å². The molecule has 0 fully saturated rings. The van der Waals surface area contributed by atoms with E-state index < -0.39 is 0 Å². The number of ether oxygens (including phenoxy) is 1. The SMILES string of the molecule is COc1ncc(Cl)c(N(CCBr)C(C)C)n1. The number of hydrogen-bond donors (Lipinski definition) is 0. The van der Waals surface area contributed by atoms with Gasteiger partial charge in [0, 0.05) is 17.9 Å².